The molecule has 1 unspecified atom stereocenters. The topological polar surface area (TPSA) is 94.6 Å². The van der Waals surface area contributed by atoms with Crippen LogP contribution < -0.4 is 10.6 Å². The molecule has 0 saturated carbocycles. The summed E-state index contributed by atoms with van der Waals surface area (Å²) in [5, 5.41) is 5.85. The lowest BCUT2D eigenvalue weighted by Crippen LogP contribution is -2.52. The molecule has 0 bridgehead atoms. The van der Waals surface area contributed by atoms with Crippen molar-refractivity contribution in [1.82, 2.24) is 25.4 Å². The van der Waals surface area contributed by atoms with Crippen LogP contribution in [0.4, 0.5) is 4.79 Å². The van der Waals surface area contributed by atoms with Crippen LogP contribution >= 0.6 is 12.4 Å². The molecule has 136 valence electrons. The zero-order chi connectivity index (χ0) is 17.3. The number of carbonyl (C=O) groups is 3. The second kappa shape index (κ2) is 7.37. The monoisotopic (exact) mass is 367 g/mol. The van der Waals surface area contributed by atoms with Crippen molar-refractivity contribution >= 4 is 30.3 Å². The highest BCUT2D eigenvalue weighted by molar-refractivity contribution is 6.08. The number of hydrogen-bond acceptors (Lipinski definition) is 5. The van der Waals surface area contributed by atoms with E-state index in [1.54, 1.807) is 31.1 Å². The average molecular weight is 368 g/mol. The van der Waals surface area contributed by atoms with Crippen LogP contribution in [-0.4, -0.2) is 64.3 Å². The number of halogens is 1. The van der Waals surface area contributed by atoms with Crippen LogP contribution in [0.3, 0.4) is 0 Å². The number of piperazine rings is 1. The molecule has 8 nitrogen and oxygen atoms in total. The van der Waals surface area contributed by atoms with Crippen molar-refractivity contribution in [2.24, 2.45) is 0 Å². The van der Waals surface area contributed by atoms with E-state index in [4.69, 9.17) is 0 Å². The summed E-state index contributed by atoms with van der Waals surface area (Å²) in [6.45, 7) is 4.81. The second-order valence-corrected chi connectivity index (χ2v) is 6.54. The van der Waals surface area contributed by atoms with Crippen LogP contribution in [0.25, 0.3) is 0 Å². The first-order chi connectivity index (χ1) is 11.4. The predicted molar refractivity (Wildman–Crippen MR) is 93.1 cm³/mol. The standard InChI is InChI=1S/C16H21N5O3.ClH/c1-16(2)14(23)21(15(24)19-16)10-13(22)20-7-6-18-9-12(20)11-4-3-5-17-8-11;/h3-5,8,12,18H,6-7,9-10H2,1-2H3,(H,19,24);1H. The lowest BCUT2D eigenvalue weighted by molar-refractivity contribution is -0.140. The highest BCUT2D eigenvalue weighted by atomic mass is 35.5. The molecular formula is C16H22ClN5O3. The van der Waals surface area contributed by atoms with Gasteiger partial charge in [-0.2, -0.15) is 0 Å². The maximum absolute atomic E-state index is 12.7. The first-order valence-corrected chi connectivity index (χ1v) is 7.94. The van der Waals surface area contributed by atoms with Crippen molar-refractivity contribution in [1.29, 1.82) is 0 Å². The zero-order valence-electron chi connectivity index (χ0n) is 14.2. The molecule has 1 aromatic rings. The van der Waals surface area contributed by atoms with Crippen LogP contribution in [-0.2, 0) is 9.59 Å². The maximum Gasteiger partial charge on any atom is 0.325 e. The van der Waals surface area contributed by atoms with Gasteiger partial charge in [-0.05, 0) is 25.5 Å². The fraction of sp³-hybridized carbons (Fsp3) is 0.500. The van der Waals surface area contributed by atoms with Gasteiger partial charge >= 0.3 is 6.03 Å². The van der Waals surface area contributed by atoms with Crippen molar-refractivity contribution in [3.63, 3.8) is 0 Å². The van der Waals surface area contributed by atoms with Crippen LogP contribution in [0.15, 0.2) is 24.5 Å². The normalized spacial score (nSPS) is 22.4. The zero-order valence-corrected chi connectivity index (χ0v) is 15.0. The molecule has 0 aromatic carbocycles. The number of imide groups is 1. The number of aromatic nitrogens is 1. The fourth-order valence-electron chi connectivity index (χ4n) is 3.06. The van der Waals surface area contributed by atoms with E-state index in [1.165, 1.54) is 0 Å². The smallest absolute Gasteiger partial charge is 0.325 e. The van der Waals surface area contributed by atoms with E-state index in [1.807, 2.05) is 12.1 Å². The van der Waals surface area contributed by atoms with Gasteiger partial charge in [0.1, 0.15) is 12.1 Å². The van der Waals surface area contributed by atoms with Gasteiger partial charge in [-0.25, -0.2) is 4.79 Å². The van der Waals surface area contributed by atoms with Crippen molar-refractivity contribution in [3.05, 3.63) is 30.1 Å². The van der Waals surface area contributed by atoms with E-state index >= 15 is 0 Å². The minimum Gasteiger partial charge on any atom is -0.331 e. The molecule has 2 fully saturated rings. The third-order valence-electron chi connectivity index (χ3n) is 4.37. The number of urea groups is 1. The van der Waals surface area contributed by atoms with Crippen molar-refractivity contribution in [3.8, 4) is 0 Å². The lowest BCUT2D eigenvalue weighted by Gasteiger charge is -2.37. The Kier molecular flexibility index (Phi) is 5.64. The number of amides is 4. The molecule has 2 aliphatic heterocycles. The van der Waals surface area contributed by atoms with Gasteiger partial charge < -0.3 is 15.5 Å². The van der Waals surface area contributed by atoms with Crippen LogP contribution in [0.5, 0.6) is 0 Å². The molecular weight excluding hydrogens is 346 g/mol. The molecule has 0 spiro atoms. The van der Waals surface area contributed by atoms with E-state index in [9.17, 15) is 14.4 Å². The van der Waals surface area contributed by atoms with Crippen LogP contribution in [0, 0.1) is 0 Å². The number of hydrogen-bond donors (Lipinski definition) is 2. The highest BCUT2D eigenvalue weighted by Gasteiger charge is 2.45. The first kappa shape index (κ1) is 19.1. The summed E-state index contributed by atoms with van der Waals surface area (Å²) in [7, 11) is 0. The summed E-state index contributed by atoms with van der Waals surface area (Å²) < 4.78 is 0. The van der Waals surface area contributed by atoms with Gasteiger partial charge in [0.05, 0.1) is 6.04 Å². The van der Waals surface area contributed by atoms with Crippen LogP contribution in [0.1, 0.15) is 25.5 Å². The van der Waals surface area contributed by atoms with Gasteiger partial charge in [-0.3, -0.25) is 19.5 Å². The van der Waals surface area contributed by atoms with Gasteiger partial charge in [0.15, 0.2) is 0 Å². The molecule has 1 aromatic heterocycles. The lowest BCUT2D eigenvalue weighted by atomic mass is 10.0. The molecule has 3 rings (SSSR count). The largest absolute Gasteiger partial charge is 0.331 e. The number of carbonyl (C=O) groups excluding carboxylic acids is 3. The van der Waals surface area contributed by atoms with Gasteiger partial charge in [0.25, 0.3) is 5.91 Å². The first-order valence-electron chi connectivity index (χ1n) is 7.94. The Labute approximate surface area is 152 Å². The predicted octanol–water partition coefficient (Wildman–Crippen LogP) is 0.307. The summed E-state index contributed by atoms with van der Waals surface area (Å²) in [4.78, 5) is 43.8. The average Bonchev–Trinajstić information content (AvgIpc) is 2.77. The third kappa shape index (κ3) is 3.74. The Bertz CT molecular complexity index is 667. The Hall–Kier alpha value is -2.19. The molecule has 0 aliphatic carbocycles. The Balaban J connectivity index is 0.00000225. The summed E-state index contributed by atoms with van der Waals surface area (Å²) >= 11 is 0. The van der Waals surface area contributed by atoms with E-state index in [0.717, 1.165) is 10.5 Å². The molecule has 3 heterocycles. The summed E-state index contributed by atoms with van der Waals surface area (Å²) in [5.74, 6) is -0.625. The summed E-state index contributed by atoms with van der Waals surface area (Å²) in [5.41, 5.74) is -0.0422. The highest BCUT2D eigenvalue weighted by Crippen LogP contribution is 2.23. The van der Waals surface area contributed by atoms with E-state index in [2.05, 4.69) is 15.6 Å². The molecule has 2 N–H and O–H groups in total. The molecule has 1 atom stereocenters. The maximum atomic E-state index is 12.7. The molecule has 0 radical (unpaired) electrons. The minimum absolute atomic E-state index is 0. The second-order valence-electron chi connectivity index (χ2n) is 6.54. The van der Waals surface area contributed by atoms with E-state index < -0.39 is 11.6 Å². The molecule has 4 amide bonds. The Morgan fingerprint density at radius 2 is 2.16 bits per heavy atom. The summed E-state index contributed by atoms with van der Waals surface area (Å²) in [6.07, 6.45) is 3.41. The van der Waals surface area contributed by atoms with E-state index in [0.29, 0.717) is 19.6 Å². The molecule has 9 heteroatoms. The van der Waals surface area contributed by atoms with Gasteiger partial charge in [-0.15, -0.1) is 12.4 Å². The van der Waals surface area contributed by atoms with Gasteiger partial charge in [-0.1, -0.05) is 6.07 Å². The van der Waals surface area contributed by atoms with Crippen LogP contribution in [0.2, 0.25) is 0 Å². The van der Waals surface area contributed by atoms with Crippen molar-refractivity contribution in [2.45, 2.75) is 25.4 Å². The fourth-order valence-corrected chi connectivity index (χ4v) is 3.06. The van der Waals surface area contributed by atoms with Gasteiger partial charge in [0.2, 0.25) is 5.91 Å². The van der Waals surface area contributed by atoms with Crippen molar-refractivity contribution < 1.29 is 14.4 Å². The number of rotatable bonds is 3. The number of pyridine rings is 1. The Morgan fingerprint density at radius 3 is 2.76 bits per heavy atom. The van der Waals surface area contributed by atoms with E-state index in [-0.39, 0.29) is 36.8 Å². The molecule has 2 saturated heterocycles. The third-order valence-corrected chi connectivity index (χ3v) is 4.37. The van der Waals surface area contributed by atoms with Gasteiger partial charge in [0, 0.05) is 32.0 Å². The Morgan fingerprint density at radius 1 is 1.40 bits per heavy atom. The number of nitrogens with zero attached hydrogens (tertiary/aromatic N) is 3. The van der Waals surface area contributed by atoms with Crippen molar-refractivity contribution in [2.75, 3.05) is 26.2 Å². The SMILES string of the molecule is CC1(C)NC(=O)N(CC(=O)N2CCNCC2c2cccnc2)C1=O.Cl. The molecule has 25 heavy (non-hydrogen) atoms. The molecule has 2 aliphatic rings. The summed E-state index contributed by atoms with van der Waals surface area (Å²) in [6, 6.07) is 3.06. The number of nitrogens with one attached hydrogen (secondary N) is 2. The quantitative estimate of drug-likeness (QED) is 0.750. The minimum atomic E-state index is -0.969.